The highest BCUT2D eigenvalue weighted by atomic mass is 35.5. The van der Waals surface area contributed by atoms with Crippen LogP contribution in [0.4, 0.5) is 5.13 Å². The number of aryl methyl sites for hydroxylation is 2. The number of anilines is 1. The van der Waals surface area contributed by atoms with Gasteiger partial charge >= 0.3 is 0 Å². The highest BCUT2D eigenvalue weighted by Crippen LogP contribution is 2.32. The lowest BCUT2D eigenvalue weighted by atomic mass is 10.1. The molecule has 8 heteroatoms. The molecule has 1 amide bonds. The maximum atomic E-state index is 13.1. The lowest BCUT2D eigenvalue weighted by Gasteiger charge is -2.21. The lowest BCUT2D eigenvalue weighted by molar-refractivity contribution is -0.116. The zero-order chi connectivity index (χ0) is 21.0. The number of carbonyl (C=O) groups is 1. The van der Waals surface area contributed by atoms with E-state index in [0.717, 1.165) is 38.1 Å². The maximum absolute atomic E-state index is 13.1. The smallest absolute Gasteiger partial charge is 0.239 e. The van der Waals surface area contributed by atoms with Gasteiger partial charge in [0.25, 0.3) is 0 Å². The predicted molar refractivity (Wildman–Crippen MR) is 131 cm³/mol. The molecular weight excluding hydrogens is 438 g/mol. The number of methoxy groups -OCH3 is 1. The number of benzene rings is 2. The Balaban J connectivity index is 0.00000320. The fourth-order valence-electron chi connectivity index (χ4n) is 3.00. The van der Waals surface area contributed by atoms with Crippen molar-refractivity contribution < 1.29 is 9.53 Å². The number of hydrogen-bond acceptors (Lipinski definition) is 6. The molecule has 162 valence electrons. The molecule has 0 bridgehead atoms. The Morgan fingerprint density at radius 1 is 1.13 bits per heavy atom. The quantitative estimate of drug-likeness (QED) is 0.436. The van der Waals surface area contributed by atoms with Crippen LogP contribution >= 0.6 is 35.5 Å². The number of hydrogen-bond donors (Lipinski definition) is 0. The van der Waals surface area contributed by atoms with E-state index in [4.69, 9.17) is 9.72 Å². The third-order valence-corrected chi connectivity index (χ3v) is 6.57. The van der Waals surface area contributed by atoms with Crippen molar-refractivity contribution >= 4 is 56.8 Å². The largest absolute Gasteiger partial charge is 0.497 e. The minimum atomic E-state index is 0. The lowest BCUT2D eigenvalue weighted by Crippen LogP contribution is -2.37. The van der Waals surface area contributed by atoms with Crippen LogP contribution in [0, 0.1) is 13.8 Å². The Hall–Kier alpha value is -1.80. The summed E-state index contributed by atoms with van der Waals surface area (Å²) in [5.74, 6) is 1.25. The van der Waals surface area contributed by atoms with Crippen molar-refractivity contribution in [3.8, 4) is 5.75 Å². The average molecular weight is 466 g/mol. The molecule has 0 saturated heterocycles. The summed E-state index contributed by atoms with van der Waals surface area (Å²) in [4.78, 5) is 22.9. The molecule has 2 aromatic carbocycles. The topological polar surface area (TPSA) is 45.7 Å². The van der Waals surface area contributed by atoms with Crippen LogP contribution < -0.4 is 9.64 Å². The van der Waals surface area contributed by atoms with Crippen molar-refractivity contribution in [2.24, 2.45) is 0 Å². The summed E-state index contributed by atoms with van der Waals surface area (Å²) in [5, 5.41) is 0.774. The first kappa shape index (κ1) is 24.5. The van der Waals surface area contributed by atoms with Crippen molar-refractivity contribution in [1.29, 1.82) is 0 Å². The maximum Gasteiger partial charge on any atom is 0.239 e. The number of aromatic nitrogens is 1. The van der Waals surface area contributed by atoms with Crippen molar-refractivity contribution in [2.45, 2.75) is 18.7 Å². The molecule has 3 rings (SSSR count). The summed E-state index contributed by atoms with van der Waals surface area (Å²) in [6, 6.07) is 12.1. The molecule has 0 saturated carbocycles. The first-order chi connectivity index (χ1) is 13.9. The van der Waals surface area contributed by atoms with Gasteiger partial charge in [0.2, 0.25) is 5.91 Å². The molecule has 0 atom stereocenters. The van der Waals surface area contributed by atoms with Gasteiger partial charge in [0.1, 0.15) is 5.75 Å². The number of thiazole rings is 1. The second-order valence-corrected chi connectivity index (χ2v) is 9.30. The SMILES string of the molecule is COc1ccc(SCC(=O)N(CCN(C)C)c2nc3c(C)cc(C)cc3s2)cc1.Cl. The van der Waals surface area contributed by atoms with Gasteiger partial charge in [-0.2, -0.15) is 0 Å². The minimum Gasteiger partial charge on any atom is -0.497 e. The van der Waals surface area contributed by atoms with E-state index in [1.165, 1.54) is 17.3 Å². The summed E-state index contributed by atoms with van der Waals surface area (Å²) < 4.78 is 6.32. The third-order valence-electron chi connectivity index (χ3n) is 4.54. The summed E-state index contributed by atoms with van der Waals surface area (Å²) in [5.41, 5.74) is 3.35. The van der Waals surface area contributed by atoms with Crippen molar-refractivity contribution in [3.63, 3.8) is 0 Å². The van der Waals surface area contributed by atoms with Gasteiger partial charge in [-0.15, -0.1) is 24.2 Å². The zero-order valence-corrected chi connectivity index (χ0v) is 20.4. The minimum absolute atomic E-state index is 0. The van der Waals surface area contributed by atoms with Crippen molar-refractivity contribution in [3.05, 3.63) is 47.5 Å². The number of likely N-dealkylation sites (N-methyl/N-ethyl adjacent to an activating group) is 1. The normalized spacial score (nSPS) is 10.9. The summed E-state index contributed by atoms with van der Waals surface area (Å²) in [7, 11) is 5.68. The third kappa shape index (κ3) is 6.11. The van der Waals surface area contributed by atoms with E-state index < -0.39 is 0 Å². The molecule has 0 unspecified atom stereocenters. The summed E-state index contributed by atoms with van der Waals surface area (Å²) in [6.45, 7) is 5.57. The number of ether oxygens (including phenoxy) is 1. The second-order valence-electron chi connectivity index (χ2n) is 7.24. The molecule has 0 aliphatic rings. The number of thioether (sulfide) groups is 1. The van der Waals surface area contributed by atoms with Crippen LogP contribution in [-0.2, 0) is 4.79 Å². The molecule has 0 spiro atoms. The van der Waals surface area contributed by atoms with Crippen LogP contribution in [0.1, 0.15) is 11.1 Å². The van der Waals surface area contributed by atoms with Gasteiger partial charge in [-0.25, -0.2) is 4.98 Å². The predicted octanol–water partition coefficient (Wildman–Crippen LogP) is 5.03. The zero-order valence-electron chi connectivity index (χ0n) is 18.0. The first-order valence-corrected chi connectivity index (χ1v) is 11.3. The molecule has 1 aromatic heterocycles. The van der Waals surface area contributed by atoms with Gasteiger partial charge in [-0.3, -0.25) is 9.69 Å². The molecule has 1 heterocycles. The molecule has 3 aromatic rings. The first-order valence-electron chi connectivity index (χ1n) is 9.47. The monoisotopic (exact) mass is 465 g/mol. The van der Waals surface area contributed by atoms with Crippen LogP contribution in [0.3, 0.4) is 0 Å². The van der Waals surface area contributed by atoms with Gasteiger partial charge in [0, 0.05) is 18.0 Å². The van der Waals surface area contributed by atoms with Crippen molar-refractivity contribution in [2.75, 3.05) is 44.9 Å². The van der Waals surface area contributed by atoms with E-state index in [2.05, 4.69) is 30.9 Å². The van der Waals surface area contributed by atoms with E-state index in [-0.39, 0.29) is 18.3 Å². The van der Waals surface area contributed by atoms with Gasteiger partial charge in [0.05, 0.1) is 23.1 Å². The average Bonchev–Trinajstić information content (AvgIpc) is 3.10. The molecule has 0 fully saturated rings. The number of rotatable bonds is 8. The van der Waals surface area contributed by atoms with Crippen molar-refractivity contribution in [1.82, 2.24) is 9.88 Å². The fourth-order valence-corrected chi connectivity index (χ4v) is 4.96. The number of amides is 1. The molecular formula is C22H28ClN3O2S2. The Kier molecular flexibility index (Phi) is 8.97. The van der Waals surface area contributed by atoms with E-state index in [0.29, 0.717) is 12.3 Å². The molecule has 0 aliphatic heterocycles. The van der Waals surface area contributed by atoms with Gasteiger partial charge in [0.15, 0.2) is 5.13 Å². The standard InChI is InChI=1S/C22H27N3O2S2.ClH/c1-15-12-16(2)21-19(13-15)29-22(23-21)25(11-10-24(3)4)20(26)14-28-18-8-6-17(27-5)7-9-18;/h6-9,12-13H,10-11,14H2,1-5H3;1H. The number of nitrogens with zero attached hydrogens (tertiary/aromatic N) is 3. The molecule has 0 N–H and O–H groups in total. The van der Waals surface area contributed by atoms with Crippen LogP contribution in [0.15, 0.2) is 41.3 Å². The van der Waals surface area contributed by atoms with Gasteiger partial charge in [-0.1, -0.05) is 17.4 Å². The number of carbonyl (C=O) groups excluding carboxylic acids is 1. The summed E-state index contributed by atoms with van der Waals surface area (Å²) >= 11 is 3.12. The second kappa shape index (κ2) is 11.0. The Morgan fingerprint density at radius 2 is 1.83 bits per heavy atom. The Morgan fingerprint density at radius 3 is 2.47 bits per heavy atom. The van der Waals surface area contributed by atoms with E-state index >= 15 is 0 Å². The Bertz CT molecular complexity index is 990. The van der Waals surface area contributed by atoms with Crippen LogP contribution in [0.25, 0.3) is 10.2 Å². The highest BCUT2D eigenvalue weighted by molar-refractivity contribution is 8.00. The number of fused-ring (bicyclic) bond motifs is 1. The molecule has 0 radical (unpaired) electrons. The molecule has 5 nitrogen and oxygen atoms in total. The van der Waals surface area contributed by atoms with E-state index in [1.807, 2.05) is 43.3 Å². The van der Waals surface area contributed by atoms with E-state index in [9.17, 15) is 4.79 Å². The van der Waals surface area contributed by atoms with E-state index in [1.54, 1.807) is 18.4 Å². The van der Waals surface area contributed by atoms with Gasteiger partial charge in [-0.05, 0) is 69.4 Å². The molecule has 30 heavy (non-hydrogen) atoms. The van der Waals surface area contributed by atoms with Crippen LogP contribution in [-0.4, -0.2) is 55.8 Å². The molecule has 0 aliphatic carbocycles. The van der Waals surface area contributed by atoms with Gasteiger partial charge < -0.3 is 9.64 Å². The van der Waals surface area contributed by atoms with Crippen LogP contribution in [0.2, 0.25) is 0 Å². The summed E-state index contributed by atoms with van der Waals surface area (Å²) in [6.07, 6.45) is 0. The highest BCUT2D eigenvalue weighted by Gasteiger charge is 2.20. The van der Waals surface area contributed by atoms with Crippen LogP contribution in [0.5, 0.6) is 5.75 Å². The Labute approximate surface area is 192 Å². The fraction of sp³-hybridized carbons (Fsp3) is 0.364. The number of halogens is 1.